The van der Waals surface area contributed by atoms with Crippen LogP contribution in [-0.2, 0) is 16.7 Å². The molecule has 2 nitrogen and oxygen atoms in total. The Morgan fingerprint density at radius 3 is 2.33 bits per heavy atom. The predicted molar refractivity (Wildman–Crippen MR) is 63.9 cm³/mol. The molecule has 0 aromatic heterocycles. The van der Waals surface area contributed by atoms with Crippen molar-refractivity contribution in [2.45, 2.75) is 32.2 Å². The summed E-state index contributed by atoms with van der Waals surface area (Å²) in [6.45, 7) is 4.90. The van der Waals surface area contributed by atoms with Crippen molar-refractivity contribution in [3.63, 3.8) is 0 Å². The molecule has 1 atom stereocenters. The van der Waals surface area contributed by atoms with Gasteiger partial charge in [0.25, 0.3) is 0 Å². The summed E-state index contributed by atoms with van der Waals surface area (Å²) in [6.07, 6.45) is 1.91. The second-order valence-electron chi connectivity index (χ2n) is 4.21. The van der Waals surface area contributed by atoms with Crippen LogP contribution in [0.2, 0.25) is 0 Å². The number of rotatable bonds is 5. The number of benzene rings is 1. The minimum Gasteiger partial charge on any atom is -0.385 e. The lowest BCUT2D eigenvalue weighted by Crippen LogP contribution is -2.34. The van der Waals surface area contributed by atoms with Gasteiger partial charge in [0.1, 0.15) is 0 Å². The predicted octanol–water partition coefficient (Wildman–Crippen LogP) is 2.46. The Hall–Kier alpha value is -0.860. The second kappa shape index (κ2) is 5.29. The average molecular weight is 207 g/mol. The monoisotopic (exact) mass is 207 g/mol. The van der Waals surface area contributed by atoms with Crippen molar-refractivity contribution >= 4 is 0 Å². The van der Waals surface area contributed by atoms with Crippen LogP contribution in [0.3, 0.4) is 0 Å². The molecule has 0 fully saturated rings. The highest BCUT2D eigenvalue weighted by Crippen LogP contribution is 2.22. The molecule has 1 unspecified atom stereocenters. The van der Waals surface area contributed by atoms with Gasteiger partial charge in [0.2, 0.25) is 0 Å². The van der Waals surface area contributed by atoms with Crippen LogP contribution in [0.5, 0.6) is 0 Å². The molecule has 0 amide bonds. The first-order valence-corrected chi connectivity index (χ1v) is 5.47. The second-order valence-corrected chi connectivity index (χ2v) is 4.21. The van der Waals surface area contributed by atoms with Gasteiger partial charge in [-0.3, -0.25) is 0 Å². The molecular formula is C13H21NO. The first-order chi connectivity index (χ1) is 7.10. The van der Waals surface area contributed by atoms with Gasteiger partial charge in [-0.05, 0) is 30.9 Å². The van der Waals surface area contributed by atoms with Crippen LogP contribution in [0, 0.1) is 0 Å². The maximum Gasteiger partial charge on any atom is 0.0482 e. The van der Waals surface area contributed by atoms with Crippen molar-refractivity contribution in [3.05, 3.63) is 35.4 Å². The molecule has 0 spiro atoms. The van der Waals surface area contributed by atoms with E-state index in [4.69, 9.17) is 10.5 Å². The Balaban J connectivity index is 2.75. The smallest absolute Gasteiger partial charge is 0.0482 e. The maximum atomic E-state index is 6.24. The van der Waals surface area contributed by atoms with Crippen molar-refractivity contribution in [1.82, 2.24) is 0 Å². The summed E-state index contributed by atoms with van der Waals surface area (Å²) in [5.41, 5.74) is 8.47. The Morgan fingerprint density at radius 2 is 1.87 bits per heavy atom. The van der Waals surface area contributed by atoms with Gasteiger partial charge in [0, 0.05) is 19.3 Å². The number of aryl methyl sites for hydroxylation is 1. The first kappa shape index (κ1) is 12.2. The summed E-state index contributed by atoms with van der Waals surface area (Å²) >= 11 is 0. The van der Waals surface area contributed by atoms with Crippen LogP contribution in [0.25, 0.3) is 0 Å². The Bertz CT molecular complexity index is 290. The van der Waals surface area contributed by atoms with Crippen LogP contribution < -0.4 is 5.73 Å². The molecule has 0 heterocycles. The largest absolute Gasteiger partial charge is 0.385 e. The van der Waals surface area contributed by atoms with Gasteiger partial charge in [-0.2, -0.15) is 0 Å². The van der Waals surface area contributed by atoms with Gasteiger partial charge in [-0.25, -0.2) is 0 Å². The van der Waals surface area contributed by atoms with Crippen molar-refractivity contribution in [3.8, 4) is 0 Å². The molecule has 2 N–H and O–H groups in total. The number of nitrogens with two attached hydrogens (primary N) is 1. The fourth-order valence-corrected chi connectivity index (χ4v) is 1.58. The highest BCUT2D eigenvalue weighted by molar-refractivity contribution is 5.27. The molecule has 1 rings (SSSR count). The fraction of sp³-hybridized carbons (Fsp3) is 0.538. The van der Waals surface area contributed by atoms with Gasteiger partial charge >= 0.3 is 0 Å². The van der Waals surface area contributed by atoms with E-state index < -0.39 is 0 Å². The minimum atomic E-state index is -0.289. The molecule has 0 aliphatic rings. The lowest BCUT2D eigenvalue weighted by atomic mass is 9.89. The summed E-state index contributed by atoms with van der Waals surface area (Å²) in [4.78, 5) is 0. The highest BCUT2D eigenvalue weighted by atomic mass is 16.5. The first-order valence-electron chi connectivity index (χ1n) is 5.47. The zero-order valence-electron chi connectivity index (χ0n) is 9.92. The van der Waals surface area contributed by atoms with E-state index in [1.165, 1.54) is 11.1 Å². The van der Waals surface area contributed by atoms with E-state index >= 15 is 0 Å². The molecule has 84 valence electrons. The van der Waals surface area contributed by atoms with E-state index in [1.54, 1.807) is 7.11 Å². The SMILES string of the molecule is CCc1ccc(C(C)(N)CCOC)cc1. The van der Waals surface area contributed by atoms with E-state index in [0.717, 1.165) is 12.8 Å². The van der Waals surface area contributed by atoms with Crippen LogP contribution in [0.15, 0.2) is 24.3 Å². The van der Waals surface area contributed by atoms with Crippen molar-refractivity contribution < 1.29 is 4.74 Å². The van der Waals surface area contributed by atoms with Gasteiger partial charge < -0.3 is 10.5 Å². The molecular weight excluding hydrogens is 186 g/mol. The molecule has 15 heavy (non-hydrogen) atoms. The standard InChI is InChI=1S/C13H21NO/c1-4-11-5-7-12(8-6-11)13(2,14)9-10-15-3/h5-8H,4,9-10,14H2,1-3H3. The van der Waals surface area contributed by atoms with Gasteiger partial charge in [0.05, 0.1) is 0 Å². The zero-order valence-corrected chi connectivity index (χ0v) is 9.92. The highest BCUT2D eigenvalue weighted by Gasteiger charge is 2.20. The molecule has 0 saturated carbocycles. The lowest BCUT2D eigenvalue weighted by molar-refractivity contribution is 0.172. The topological polar surface area (TPSA) is 35.2 Å². The summed E-state index contributed by atoms with van der Waals surface area (Å²) in [5.74, 6) is 0. The molecule has 0 aliphatic heterocycles. The Labute approximate surface area is 92.4 Å². The summed E-state index contributed by atoms with van der Waals surface area (Å²) < 4.78 is 5.06. The number of methoxy groups -OCH3 is 1. The number of hydrogen-bond donors (Lipinski definition) is 1. The Kier molecular flexibility index (Phi) is 4.30. The van der Waals surface area contributed by atoms with E-state index in [2.05, 4.69) is 31.2 Å². The van der Waals surface area contributed by atoms with Gasteiger partial charge in [-0.15, -0.1) is 0 Å². The third-order valence-electron chi connectivity index (χ3n) is 2.85. The van der Waals surface area contributed by atoms with Crippen LogP contribution in [0.1, 0.15) is 31.4 Å². The van der Waals surface area contributed by atoms with E-state index in [-0.39, 0.29) is 5.54 Å². The zero-order chi connectivity index (χ0) is 11.3. The summed E-state index contributed by atoms with van der Waals surface area (Å²) in [6, 6.07) is 8.53. The van der Waals surface area contributed by atoms with Crippen LogP contribution >= 0.6 is 0 Å². The normalized spacial score (nSPS) is 14.9. The van der Waals surface area contributed by atoms with Crippen molar-refractivity contribution in [1.29, 1.82) is 0 Å². The molecule has 1 aromatic rings. The fourth-order valence-electron chi connectivity index (χ4n) is 1.58. The average Bonchev–Trinajstić information content (AvgIpc) is 2.26. The van der Waals surface area contributed by atoms with Crippen LogP contribution in [-0.4, -0.2) is 13.7 Å². The van der Waals surface area contributed by atoms with Crippen molar-refractivity contribution in [2.24, 2.45) is 5.73 Å². The minimum absolute atomic E-state index is 0.289. The van der Waals surface area contributed by atoms with E-state index in [0.29, 0.717) is 6.61 Å². The van der Waals surface area contributed by atoms with E-state index in [9.17, 15) is 0 Å². The molecule has 0 aliphatic carbocycles. The summed E-state index contributed by atoms with van der Waals surface area (Å²) in [5, 5.41) is 0. The molecule has 1 aromatic carbocycles. The van der Waals surface area contributed by atoms with Crippen molar-refractivity contribution in [2.75, 3.05) is 13.7 Å². The van der Waals surface area contributed by atoms with Gasteiger partial charge in [-0.1, -0.05) is 31.2 Å². The molecule has 0 radical (unpaired) electrons. The van der Waals surface area contributed by atoms with Gasteiger partial charge in [0.15, 0.2) is 0 Å². The lowest BCUT2D eigenvalue weighted by Gasteiger charge is -2.25. The number of hydrogen-bond acceptors (Lipinski definition) is 2. The van der Waals surface area contributed by atoms with Crippen LogP contribution in [0.4, 0.5) is 0 Å². The summed E-state index contributed by atoms with van der Waals surface area (Å²) in [7, 11) is 1.70. The quantitative estimate of drug-likeness (QED) is 0.805. The molecule has 0 bridgehead atoms. The third kappa shape index (κ3) is 3.33. The molecule has 0 saturated heterocycles. The third-order valence-corrected chi connectivity index (χ3v) is 2.85. The Morgan fingerprint density at radius 1 is 1.27 bits per heavy atom. The number of ether oxygens (including phenoxy) is 1. The maximum absolute atomic E-state index is 6.24. The van der Waals surface area contributed by atoms with E-state index in [1.807, 2.05) is 6.92 Å². The molecule has 2 heteroatoms.